The Morgan fingerprint density at radius 3 is 1.89 bits per heavy atom. The number of nitrogens with zero attached hydrogens (tertiary/aromatic N) is 1. The minimum Gasteiger partial charge on any atom is -0.350 e. The van der Waals surface area contributed by atoms with Crippen molar-refractivity contribution >= 4 is 34.0 Å². The van der Waals surface area contributed by atoms with Crippen molar-refractivity contribution in [2.45, 2.75) is 47.6 Å². The van der Waals surface area contributed by atoms with Crippen LogP contribution in [0.25, 0.3) is 0 Å². The predicted octanol–water partition coefficient (Wildman–Crippen LogP) is 4.30. The molecular weight excluding hydrogens is 280 g/mol. The van der Waals surface area contributed by atoms with E-state index < -0.39 is 0 Å². The monoisotopic (exact) mass is 310 g/mol. The molecule has 0 heterocycles. The van der Waals surface area contributed by atoms with Gasteiger partial charge in [-0.1, -0.05) is 51.7 Å². The average Bonchev–Trinajstić information content (AvgIpc) is 2.38. The van der Waals surface area contributed by atoms with Gasteiger partial charge in [-0.15, -0.1) is 0 Å². The van der Waals surface area contributed by atoms with Gasteiger partial charge in [0.15, 0.2) is 0 Å². The van der Waals surface area contributed by atoms with E-state index in [-0.39, 0.29) is 17.9 Å². The summed E-state index contributed by atoms with van der Waals surface area (Å²) in [6, 6.07) is 0.363. The van der Waals surface area contributed by atoms with Gasteiger partial charge in [-0.2, -0.15) is 0 Å². The lowest BCUT2D eigenvalue weighted by molar-refractivity contribution is 0.218. The first-order chi connectivity index (χ1) is 8.44. The zero-order valence-corrected chi connectivity index (χ0v) is 13.9. The van der Waals surface area contributed by atoms with Gasteiger partial charge in [-0.3, -0.25) is 9.59 Å². The molecule has 1 N–H and O–H groups in total. The van der Waals surface area contributed by atoms with Crippen molar-refractivity contribution in [1.29, 1.82) is 0 Å². The first kappa shape index (κ1) is 23.7. The highest BCUT2D eigenvalue weighted by molar-refractivity contribution is 8.13. The number of carbonyl (C=O) groups excluding carboxylic acids is 2. The maximum Gasteiger partial charge on any atom is 0.281 e. The van der Waals surface area contributed by atoms with E-state index >= 15 is 0 Å². The molecule has 0 aromatic carbocycles. The molecule has 116 valence electrons. The number of thioether (sulfide) groups is 2. The molecular formula is C13H30N2O2S2. The molecule has 0 saturated carbocycles. The van der Waals surface area contributed by atoms with Crippen molar-refractivity contribution in [3.63, 3.8) is 0 Å². The molecule has 0 radical (unpaired) electrons. The summed E-state index contributed by atoms with van der Waals surface area (Å²) in [5.74, 6) is 1.71. The summed E-state index contributed by atoms with van der Waals surface area (Å²) in [5, 5.41) is 2.72. The molecule has 2 amide bonds. The molecule has 0 aromatic heterocycles. The Kier molecular flexibility index (Phi) is 19.6. The van der Waals surface area contributed by atoms with Gasteiger partial charge in [0.05, 0.1) is 0 Å². The highest BCUT2D eigenvalue weighted by Crippen LogP contribution is 2.10. The van der Waals surface area contributed by atoms with Crippen molar-refractivity contribution in [3.8, 4) is 0 Å². The van der Waals surface area contributed by atoms with Crippen LogP contribution in [0.1, 0.15) is 41.5 Å². The van der Waals surface area contributed by atoms with Crippen LogP contribution in [0.3, 0.4) is 0 Å². The zero-order chi connectivity index (χ0) is 14.6. The van der Waals surface area contributed by atoms with E-state index in [9.17, 15) is 9.59 Å². The lowest BCUT2D eigenvalue weighted by atomic mass is 10.2. The van der Waals surface area contributed by atoms with E-state index in [1.54, 1.807) is 11.9 Å². The van der Waals surface area contributed by atoms with Crippen LogP contribution in [0.2, 0.25) is 0 Å². The van der Waals surface area contributed by atoms with Gasteiger partial charge in [0.25, 0.3) is 10.5 Å². The lowest BCUT2D eigenvalue weighted by Crippen LogP contribution is -2.31. The van der Waals surface area contributed by atoms with E-state index in [0.29, 0.717) is 6.04 Å². The fourth-order valence-corrected chi connectivity index (χ4v) is 1.92. The second kappa shape index (κ2) is 15.7. The summed E-state index contributed by atoms with van der Waals surface area (Å²) < 4.78 is 0. The van der Waals surface area contributed by atoms with Crippen LogP contribution in [-0.2, 0) is 0 Å². The molecule has 0 aliphatic rings. The maximum absolute atomic E-state index is 11.2. The Morgan fingerprint density at radius 2 is 1.63 bits per heavy atom. The van der Waals surface area contributed by atoms with Crippen LogP contribution in [-0.4, -0.2) is 47.0 Å². The average molecular weight is 311 g/mol. The molecule has 6 heteroatoms. The Morgan fingerprint density at radius 1 is 1.16 bits per heavy atom. The Labute approximate surface area is 127 Å². The topological polar surface area (TPSA) is 49.4 Å². The third-order valence-electron chi connectivity index (χ3n) is 2.29. The van der Waals surface area contributed by atoms with Crippen LogP contribution in [0.5, 0.6) is 0 Å². The second-order valence-corrected chi connectivity index (χ2v) is 5.99. The molecule has 0 spiro atoms. The van der Waals surface area contributed by atoms with Crippen LogP contribution in [0.4, 0.5) is 9.59 Å². The number of amides is 2. The largest absolute Gasteiger partial charge is 0.350 e. The molecule has 0 rings (SSSR count). The zero-order valence-electron chi connectivity index (χ0n) is 12.3. The Hall–Kier alpha value is -0.360. The van der Waals surface area contributed by atoms with Gasteiger partial charge in [-0.25, -0.2) is 0 Å². The molecule has 0 bridgehead atoms. The third kappa shape index (κ3) is 13.9. The molecule has 1 unspecified atom stereocenters. The Balaban J connectivity index is -0.000000280. The van der Waals surface area contributed by atoms with Crippen LogP contribution in [0, 0.1) is 0 Å². The molecule has 19 heavy (non-hydrogen) atoms. The SMILES string of the molecule is C.CCSC(=O)N(C)C(C)CC.CCSC(=O)NC. The molecule has 0 aliphatic heterocycles. The van der Waals surface area contributed by atoms with E-state index in [2.05, 4.69) is 19.2 Å². The summed E-state index contributed by atoms with van der Waals surface area (Å²) in [5.41, 5.74) is 0. The van der Waals surface area contributed by atoms with Crippen molar-refractivity contribution < 1.29 is 9.59 Å². The molecule has 0 fully saturated rings. The van der Waals surface area contributed by atoms with E-state index in [0.717, 1.165) is 17.9 Å². The number of nitrogens with one attached hydrogen (secondary N) is 1. The van der Waals surface area contributed by atoms with Crippen LogP contribution in [0.15, 0.2) is 0 Å². The van der Waals surface area contributed by atoms with Gasteiger partial charge in [0.1, 0.15) is 0 Å². The van der Waals surface area contributed by atoms with Gasteiger partial charge in [0.2, 0.25) is 0 Å². The van der Waals surface area contributed by atoms with Gasteiger partial charge in [0, 0.05) is 20.1 Å². The minimum absolute atomic E-state index is 0. The van der Waals surface area contributed by atoms with Crippen molar-refractivity contribution in [3.05, 3.63) is 0 Å². The molecule has 0 aromatic rings. The summed E-state index contributed by atoms with van der Waals surface area (Å²) >= 11 is 2.65. The van der Waals surface area contributed by atoms with Gasteiger partial charge >= 0.3 is 0 Å². The summed E-state index contributed by atoms with van der Waals surface area (Å²) in [4.78, 5) is 23.3. The van der Waals surface area contributed by atoms with E-state index in [1.165, 1.54) is 23.5 Å². The summed E-state index contributed by atoms with van der Waals surface area (Å²) in [6.45, 7) is 8.09. The van der Waals surface area contributed by atoms with E-state index in [1.807, 2.05) is 20.9 Å². The summed E-state index contributed by atoms with van der Waals surface area (Å²) in [7, 11) is 3.49. The standard InChI is InChI=1S/C8H17NOS.C4H9NOS.CH4/c1-5-7(3)9(4)8(10)11-6-2;1-3-7-4(6)5-2;/h7H,5-6H2,1-4H3;3H2,1-2H3,(H,5,6);1H4. The number of hydrogen-bond acceptors (Lipinski definition) is 4. The van der Waals surface area contributed by atoms with E-state index in [4.69, 9.17) is 0 Å². The fraction of sp³-hybridized carbons (Fsp3) is 0.846. The first-order valence-electron chi connectivity index (χ1n) is 6.18. The molecule has 1 atom stereocenters. The van der Waals surface area contributed by atoms with Gasteiger partial charge < -0.3 is 10.2 Å². The first-order valence-corrected chi connectivity index (χ1v) is 8.15. The number of rotatable bonds is 4. The van der Waals surface area contributed by atoms with Crippen LogP contribution < -0.4 is 5.32 Å². The van der Waals surface area contributed by atoms with Crippen molar-refractivity contribution in [1.82, 2.24) is 10.2 Å². The second-order valence-electron chi connectivity index (χ2n) is 3.54. The smallest absolute Gasteiger partial charge is 0.281 e. The van der Waals surface area contributed by atoms with Crippen molar-refractivity contribution in [2.24, 2.45) is 0 Å². The maximum atomic E-state index is 11.2. The highest BCUT2D eigenvalue weighted by atomic mass is 32.2. The minimum atomic E-state index is 0. The summed E-state index contributed by atoms with van der Waals surface area (Å²) in [6.07, 6.45) is 1.02. The fourth-order valence-electron chi connectivity index (χ4n) is 0.882. The molecule has 4 nitrogen and oxygen atoms in total. The number of hydrogen-bond donors (Lipinski definition) is 1. The molecule has 0 saturated heterocycles. The third-order valence-corrected chi connectivity index (χ3v) is 3.87. The Bertz CT molecular complexity index is 239. The van der Waals surface area contributed by atoms with Gasteiger partial charge in [-0.05, 0) is 24.9 Å². The normalized spacial score (nSPS) is 10.4. The predicted molar refractivity (Wildman–Crippen MR) is 90.4 cm³/mol. The lowest BCUT2D eigenvalue weighted by Gasteiger charge is -2.22. The quantitative estimate of drug-likeness (QED) is 0.841. The van der Waals surface area contributed by atoms with Crippen LogP contribution >= 0.6 is 23.5 Å². The number of carbonyl (C=O) groups is 2. The highest BCUT2D eigenvalue weighted by Gasteiger charge is 2.12. The molecule has 0 aliphatic carbocycles. The van der Waals surface area contributed by atoms with Crippen molar-refractivity contribution in [2.75, 3.05) is 25.6 Å².